The first kappa shape index (κ1) is 24.6. The second kappa shape index (κ2) is 9.99. The van der Waals surface area contributed by atoms with Crippen LogP contribution in [0.1, 0.15) is 41.6 Å². The molecule has 2 atom stereocenters. The largest absolute Gasteiger partial charge is 0.478 e. The van der Waals surface area contributed by atoms with Gasteiger partial charge in [-0.25, -0.2) is 9.18 Å². The van der Waals surface area contributed by atoms with E-state index in [4.69, 9.17) is 11.6 Å². The molecule has 4 rings (SSSR count). The molecule has 2 amide bonds. The zero-order valence-electron chi connectivity index (χ0n) is 18.1. The number of halogens is 4. The number of para-hydroxylation sites is 1. The Morgan fingerprint density at radius 1 is 1.14 bits per heavy atom. The van der Waals surface area contributed by atoms with Gasteiger partial charge in [0, 0.05) is 12.1 Å². The molecule has 2 N–H and O–H groups in total. The molecule has 2 aliphatic rings. The summed E-state index contributed by atoms with van der Waals surface area (Å²) in [6, 6.07) is 6.86. The number of carboxylic acid groups (broad SMARTS) is 1. The lowest BCUT2D eigenvalue weighted by Crippen LogP contribution is -2.45. The first-order chi connectivity index (χ1) is 16.7. The number of carboxylic acids is 1. The maximum absolute atomic E-state index is 14.9. The Hall–Kier alpha value is -3.53. The molecule has 0 bridgehead atoms. The van der Waals surface area contributed by atoms with Crippen molar-refractivity contribution < 1.29 is 37.4 Å². The van der Waals surface area contributed by atoms with Crippen LogP contribution in [0.2, 0.25) is 5.02 Å². The molecule has 35 heavy (non-hydrogen) atoms. The topological polar surface area (TPSA) is 95.9 Å². The number of aromatic carboxylic acids is 1. The predicted octanol–water partition coefficient (Wildman–Crippen LogP) is 4.95. The Bertz CT molecular complexity index is 1220. The van der Waals surface area contributed by atoms with Crippen molar-refractivity contribution in [1.82, 2.24) is 4.90 Å². The molecule has 0 aliphatic carbocycles. The Kier molecular flexibility index (Phi) is 7.02. The maximum Gasteiger partial charge on any atom is 0.387 e. The number of hydrogen-bond acceptors (Lipinski definition) is 4. The Labute approximate surface area is 203 Å². The van der Waals surface area contributed by atoms with Crippen molar-refractivity contribution in [3.8, 4) is 5.75 Å². The van der Waals surface area contributed by atoms with Crippen LogP contribution in [0.3, 0.4) is 0 Å². The molecule has 2 heterocycles. The van der Waals surface area contributed by atoms with Gasteiger partial charge in [-0.1, -0.05) is 23.7 Å². The molecule has 0 saturated carbocycles. The molecule has 1 unspecified atom stereocenters. The fourth-order valence-corrected chi connectivity index (χ4v) is 4.75. The van der Waals surface area contributed by atoms with Crippen LogP contribution < -0.4 is 10.1 Å². The first-order valence-corrected chi connectivity index (χ1v) is 11.1. The fraction of sp³-hybridized carbons (Fsp3) is 0.292. The summed E-state index contributed by atoms with van der Waals surface area (Å²) in [5.74, 6) is -3.78. The minimum atomic E-state index is -3.21. The zero-order chi connectivity index (χ0) is 25.3. The van der Waals surface area contributed by atoms with Crippen LogP contribution in [0.15, 0.2) is 42.5 Å². The standard InChI is InChI=1S/C24H20ClF3N2O5/c25-15-8-10-18(35-24(27)28)20(21(15)26)12-5-6-13-7-9-17(30(13)19(31)11-12)22(32)29-16-4-2-1-3-14(16)23(33)34/h1-4,8,10-11,13,17,24H,5-7,9H2,(H,29,32)(H,33,34)/t13?,17-/m0/s1. The molecule has 2 aromatic carbocycles. The van der Waals surface area contributed by atoms with Gasteiger partial charge in [-0.15, -0.1) is 0 Å². The predicted molar refractivity (Wildman–Crippen MR) is 121 cm³/mol. The van der Waals surface area contributed by atoms with Crippen LogP contribution in [-0.2, 0) is 9.59 Å². The van der Waals surface area contributed by atoms with E-state index in [1.165, 1.54) is 23.1 Å². The number of nitrogens with one attached hydrogen (secondary N) is 1. The monoisotopic (exact) mass is 508 g/mol. The van der Waals surface area contributed by atoms with E-state index in [1.54, 1.807) is 6.07 Å². The SMILES string of the molecule is O=C(O)c1ccccc1NC(=O)[C@@H]1CCC2CCC(c3c(OC(F)F)ccc(Cl)c3F)=CC(=O)N21. The number of carbonyl (C=O) groups excluding carboxylic acids is 2. The van der Waals surface area contributed by atoms with Gasteiger partial charge in [0.2, 0.25) is 11.8 Å². The van der Waals surface area contributed by atoms with Crippen molar-refractivity contribution in [2.75, 3.05) is 5.32 Å². The molecular weight excluding hydrogens is 489 g/mol. The van der Waals surface area contributed by atoms with Gasteiger partial charge in [0.15, 0.2) is 5.82 Å². The van der Waals surface area contributed by atoms with Gasteiger partial charge in [0.05, 0.1) is 21.8 Å². The van der Waals surface area contributed by atoms with E-state index in [1.807, 2.05) is 0 Å². The van der Waals surface area contributed by atoms with Gasteiger partial charge in [0.1, 0.15) is 11.8 Å². The van der Waals surface area contributed by atoms with E-state index in [0.29, 0.717) is 19.3 Å². The molecule has 1 fully saturated rings. The number of allylic oxidation sites excluding steroid dienone is 1. The van der Waals surface area contributed by atoms with E-state index >= 15 is 0 Å². The number of ether oxygens (including phenoxy) is 1. The summed E-state index contributed by atoms with van der Waals surface area (Å²) in [7, 11) is 0. The highest BCUT2D eigenvalue weighted by Crippen LogP contribution is 2.40. The van der Waals surface area contributed by atoms with Crippen molar-refractivity contribution in [3.05, 3.63) is 64.4 Å². The minimum absolute atomic E-state index is 0.0947. The van der Waals surface area contributed by atoms with Gasteiger partial charge in [-0.2, -0.15) is 8.78 Å². The van der Waals surface area contributed by atoms with Gasteiger partial charge < -0.3 is 20.1 Å². The Balaban J connectivity index is 1.63. The number of anilines is 1. The van der Waals surface area contributed by atoms with Gasteiger partial charge >= 0.3 is 12.6 Å². The van der Waals surface area contributed by atoms with Crippen molar-refractivity contribution in [2.45, 2.75) is 44.4 Å². The normalized spacial score (nSPS) is 19.7. The number of nitrogens with zero attached hydrogens (tertiary/aromatic N) is 1. The summed E-state index contributed by atoms with van der Waals surface area (Å²) >= 11 is 5.86. The third-order valence-corrected chi connectivity index (χ3v) is 6.41. The zero-order valence-corrected chi connectivity index (χ0v) is 18.9. The number of amides is 2. The molecule has 0 spiro atoms. The summed E-state index contributed by atoms with van der Waals surface area (Å²) in [5.41, 5.74) is -0.177. The van der Waals surface area contributed by atoms with Gasteiger partial charge in [-0.3, -0.25) is 9.59 Å². The van der Waals surface area contributed by atoms with Crippen molar-refractivity contribution >= 4 is 40.6 Å². The molecule has 2 aliphatic heterocycles. The molecule has 0 aromatic heterocycles. The second-order valence-electron chi connectivity index (χ2n) is 8.15. The molecule has 11 heteroatoms. The van der Waals surface area contributed by atoms with Crippen molar-refractivity contribution in [2.24, 2.45) is 0 Å². The fourth-order valence-electron chi connectivity index (χ4n) is 4.59. The Morgan fingerprint density at radius 2 is 1.89 bits per heavy atom. The van der Waals surface area contributed by atoms with E-state index in [9.17, 15) is 32.7 Å². The molecule has 2 aromatic rings. The minimum Gasteiger partial charge on any atom is -0.478 e. The third kappa shape index (κ3) is 4.97. The molecular formula is C24H20ClF3N2O5. The first-order valence-electron chi connectivity index (χ1n) is 10.8. The van der Waals surface area contributed by atoms with Gasteiger partial charge in [0.25, 0.3) is 0 Å². The molecule has 1 saturated heterocycles. The molecule has 7 nitrogen and oxygen atoms in total. The smallest absolute Gasteiger partial charge is 0.387 e. The average Bonchev–Trinajstić information content (AvgIpc) is 3.17. The summed E-state index contributed by atoms with van der Waals surface area (Å²) in [4.78, 5) is 39.0. The van der Waals surface area contributed by atoms with Crippen LogP contribution in [0, 0.1) is 5.82 Å². The number of hydrogen-bond donors (Lipinski definition) is 2. The third-order valence-electron chi connectivity index (χ3n) is 6.11. The van der Waals surface area contributed by atoms with Crippen molar-refractivity contribution in [3.63, 3.8) is 0 Å². The number of carbonyl (C=O) groups is 3. The van der Waals surface area contributed by atoms with E-state index in [2.05, 4.69) is 10.1 Å². The summed E-state index contributed by atoms with van der Waals surface area (Å²) in [5, 5.41) is 11.6. The lowest BCUT2D eigenvalue weighted by molar-refractivity contribution is -0.134. The number of benzene rings is 2. The highest BCUT2D eigenvalue weighted by molar-refractivity contribution is 6.31. The van der Waals surface area contributed by atoms with E-state index in [-0.39, 0.29) is 39.9 Å². The van der Waals surface area contributed by atoms with Crippen LogP contribution in [0.25, 0.3) is 5.57 Å². The Morgan fingerprint density at radius 3 is 2.60 bits per heavy atom. The summed E-state index contributed by atoms with van der Waals surface area (Å²) in [6.45, 7) is -3.21. The molecule has 184 valence electrons. The highest BCUT2D eigenvalue weighted by Gasteiger charge is 2.42. The maximum atomic E-state index is 14.9. The number of alkyl halides is 2. The quantitative estimate of drug-likeness (QED) is 0.575. The summed E-state index contributed by atoms with van der Waals surface area (Å²) < 4.78 is 45.1. The van der Waals surface area contributed by atoms with E-state index < -0.39 is 42.0 Å². The van der Waals surface area contributed by atoms with Crippen LogP contribution >= 0.6 is 11.6 Å². The highest BCUT2D eigenvalue weighted by atomic mass is 35.5. The second-order valence-corrected chi connectivity index (χ2v) is 8.56. The average molecular weight is 509 g/mol. The summed E-state index contributed by atoms with van der Waals surface area (Å²) in [6.07, 6.45) is 2.48. The number of rotatable bonds is 6. The lowest BCUT2D eigenvalue weighted by atomic mass is 9.97. The van der Waals surface area contributed by atoms with Crippen LogP contribution in [-0.4, -0.2) is 46.5 Å². The van der Waals surface area contributed by atoms with Crippen LogP contribution in [0.4, 0.5) is 18.9 Å². The van der Waals surface area contributed by atoms with Gasteiger partial charge in [-0.05, 0) is 55.5 Å². The molecule has 0 radical (unpaired) electrons. The van der Waals surface area contributed by atoms with Crippen molar-refractivity contribution in [1.29, 1.82) is 0 Å². The van der Waals surface area contributed by atoms with Crippen LogP contribution in [0.5, 0.6) is 5.75 Å². The number of fused-ring (bicyclic) bond motifs is 1. The lowest BCUT2D eigenvalue weighted by Gasteiger charge is -2.27. The van der Waals surface area contributed by atoms with E-state index in [0.717, 1.165) is 18.2 Å².